The zero-order valence-corrected chi connectivity index (χ0v) is 25.0. The molecule has 0 saturated carbocycles. The van der Waals surface area contributed by atoms with Crippen LogP contribution in [0.15, 0.2) is 84.9 Å². The molecule has 0 saturated heterocycles. The Hall–Kier alpha value is -4.33. The second-order valence-corrected chi connectivity index (χ2v) is 11.3. The molecule has 0 aliphatic heterocycles. The topological polar surface area (TPSA) is 108 Å². The monoisotopic (exact) mass is 573 g/mol. The number of nitrogens with one attached hydrogen (secondary N) is 2. The summed E-state index contributed by atoms with van der Waals surface area (Å²) in [4.78, 5) is 42.8. The predicted octanol–water partition coefficient (Wildman–Crippen LogP) is 5.90. The Morgan fingerprint density at radius 1 is 0.881 bits per heavy atom. The van der Waals surface area contributed by atoms with Crippen LogP contribution in [0.5, 0.6) is 5.75 Å². The van der Waals surface area contributed by atoms with Gasteiger partial charge in [0.25, 0.3) is 0 Å². The fraction of sp³-hybridized carbons (Fsp3) is 0.382. The molecular formula is C34H43N3O5. The number of hydrogen-bond donors (Lipinski definition) is 3. The maximum absolute atomic E-state index is 14.4. The third-order valence-corrected chi connectivity index (χ3v) is 6.61. The first-order valence-electron chi connectivity index (χ1n) is 14.5. The molecule has 2 unspecified atom stereocenters. The van der Waals surface area contributed by atoms with Crippen LogP contribution < -0.4 is 10.6 Å². The normalized spacial score (nSPS) is 12.6. The number of unbranched alkanes of at least 4 members (excludes halogenated alkanes) is 2. The molecule has 42 heavy (non-hydrogen) atoms. The van der Waals surface area contributed by atoms with Gasteiger partial charge in [-0.15, -0.1) is 0 Å². The molecule has 8 heteroatoms. The van der Waals surface area contributed by atoms with Gasteiger partial charge in [0.15, 0.2) is 0 Å². The van der Waals surface area contributed by atoms with Crippen molar-refractivity contribution in [1.82, 2.24) is 15.5 Å². The number of rotatable bonds is 13. The fourth-order valence-electron chi connectivity index (χ4n) is 4.65. The van der Waals surface area contributed by atoms with Crippen LogP contribution in [-0.4, -0.2) is 46.1 Å². The standard InChI is InChI=1S/C34H43N3O5/c1-5-6-13-21-37(32(40)29(22-25-15-9-7-10-16-25)36-33(41)42-34(2,3)4)30(27-19-14-20-28(38)23-27)31(39)35-24-26-17-11-8-12-18-26/h7-12,14-20,23,29-30,38H,5-6,13,21-22,24H2,1-4H3,(H,35,39)(H,36,41). The smallest absolute Gasteiger partial charge is 0.408 e. The van der Waals surface area contributed by atoms with Crippen LogP contribution in [0.1, 0.15) is 69.7 Å². The van der Waals surface area contributed by atoms with Gasteiger partial charge in [-0.05, 0) is 56.0 Å². The lowest BCUT2D eigenvalue weighted by Gasteiger charge is -2.34. The van der Waals surface area contributed by atoms with Crippen molar-refractivity contribution in [3.63, 3.8) is 0 Å². The van der Waals surface area contributed by atoms with Crippen LogP contribution in [0.3, 0.4) is 0 Å². The second kappa shape index (κ2) is 15.6. The highest BCUT2D eigenvalue weighted by atomic mass is 16.6. The molecule has 0 fully saturated rings. The molecule has 3 aromatic rings. The van der Waals surface area contributed by atoms with E-state index in [-0.39, 0.29) is 31.2 Å². The summed E-state index contributed by atoms with van der Waals surface area (Å²) in [6.45, 7) is 7.89. The van der Waals surface area contributed by atoms with Crippen molar-refractivity contribution in [2.75, 3.05) is 6.54 Å². The van der Waals surface area contributed by atoms with Crippen molar-refractivity contribution in [1.29, 1.82) is 0 Å². The fourth-order valence-corrected chi connectivity index (χ4v) is 4.65. The number of aromatic hydroxyl groups is 1. The van der Waals surface area contributed by atoms with Gasteiger partial charge in [0.1, 0.15) is 23.4 Å². The molecule has 3 N–H and O–H groups in total. The van der Waals surface area contributed by atoms with Crippen LogP contribution in [-0.2, 0) is 27.3 Å². The number of nitrogens with zero attached hydrogens (tertiary/aromatic N) is 1. The number of ether oxygens (including phenoxy) is 1. The Labute approximate surface area is 249 Å². The van der Waals surface area contributed by atoms with Crippen molar-refractivity contribution in [2.24, 2.45) is 0 Å². The summed E-state index contributed by atoms with van der Waals surface area (Å²) in [5, 5.41) is 16.1. The van der Waals surface area contributed by atoms with Gasteiger partial charge < -0.3 is 25.4 Å². The van der Waals surface area contributed by atoms with Gasteiger partial charge in [0.2, 0.25) is 11.8 Å². The lowest BCUT2D eigenvalue weighted by Crippen LogP contribution is -2.54. The Morgan fingerprint density at radius 2 is 1.52 bits per heavy atom. The molecule has 0 aliphatic rings. The van der Waals surface area contributed by atoms with Gasteiger partial charge in [-0.3, -0.25) is 9.59 Å². The van der Waals surface area contributed by atoms with Crippen molar-refractivity contribution < 1.29 is 24.2 Å². The van der Waals surface area contributed by atoms with E-state index in [1.807, 2.05) is 60.7 Å². The Morgan fingerprint density at radius 3 is 2.12 bits per heavy atom. The molecule has 0 spiro atoms. The molecule has 3 amide bonds. The first-order valence-corrected chi connectivity index (χ1v) is 14.5. The van der Waals surface area contributed by atoms with Crippen molar-refractivity contribution in [3.05, 3.63) is 102 Å². The molecular weight excluding hydrogens is 530 g/mol. The van der Waals surface area contributed by atoms with Crippen molar-refractivity contribution in [2.45, 2.75) is 77.6 Å². The molecule has 3 rings (SSSR count). The molecule has 0 heterocycles. The van der Waals surface area contributed by atoms with E-state index in [1.54, 1.807) is 32.9 Å². The minimum Gasteiger partial charge on any atom is -0.508 e. The van der Waals surface area contributed by atoms with E-state index in [0.29, 0.717) is 12.0 Å². The summed E-state index contributed by atoms with van der Waals surface area (Å²) in [6.07, 6.45) is 1.93. The molecule has 3 aromatic carbocycles. The van der Waals surface area contributed by atoms with Gasteiger partial charge in [-0.2, -0.15) is 0 Å². The predicted molar refractivity (Wildman–Crippen MR) is 164 cm³/mol. The number of carbonyl (C=O) groups excluding carboxylic acids is 3. The second-order valence-electron chi connectivity index (χ2n) is 11.3. The maximum atomic E-state index is 14.4. The van der Waals surface area contributed by atoms with Gasteiger partial charge >= 0.3 is 6.09 Å². The van der Waals surface area contributed by atoms with Crippen LogP contribution in [0.4, 0.5) is 4.79 Å². The summed E-state index contributed by atoms with van der Waals surface area (Å²) >= 11 is 0. The number of carbonyl (C=O) groups is 3. The van der Waals surface area contributed by atoms with E-state index >= 15 is 0 Å². The average Bonchev–Trinajstić information content (AvgIpc) is 2.95. The third kappa shape index (κ3) is 10.3. The minimum atomic E-state index is -1.04. The number of benzene rings is 3. The highest BCUT2D eigenvalue weighted by Gasteiger charge is 2.36. The number of phenolic OH excluding ortho intramolecular Hbond substituents is 1. The van der Waals surface area contributed by atoms with E-state index in [9.17, 15) is 19.5 Å². The quantitative estimate of drug-likeness (QED) is 0.221. The maximum Gasteiger partial charge on any atom is 0.408 e. The minimum absolute atomic E-state index is 0.0120. The van der Waals surface area contributed by atoms with Crippen molar-refractivity contribution in [3.8, 4) is 5.75 Å². The largest absolute Gasteiger partial charge is 0.508 e. The van der Waals surface area contributed by atoms with E-state index in [4.69, 9.17) is 4.74 Å². The highest BCUT2D eigenvalue weighted by molar-refractivity contribution is 5.92. The molecule has 0 aromatic heterocycles. The Kier molecular flexibility index (Phi) is 12.0. The zero-order chi connectivity index (χ0) is 30.5. The van der Waals surface area contributed by atoms with Gasteiger partial charge in [-0.25, -0.2) is 4.79 Å². The summed E-state index contributed by atoms with van der Waals surface area (Å²) in [6, 6.07) is 23.3. The summed E-state index contributed by atoms with van der Waals surface area (Å²) < 4.78 is 5.50. The van der Waals surface area contributed by atoms with Crippen LogP contribution in [0.25, 0.3) is 0 Å². The van der Waals surface area contributed by atoms with Crippen LogP contribution in [0, 0.1) is 0 Å². The van der Waals surface area contributed by atoms with E-state index in [0.717, 1.165) is 24.0 Å². The lowest BCUT2D eigenvalue weighted by molar-refractivity contribution is -0.142. The number of phenols is 1. The molecule has 0 bridgehead atoms. The van der Waals surface area contributed by atoms with E-state index in [1.165, 1.54) is 17.0 Å². The summed E-state index contributed by atoms with van der Waals surface area (Å²) in [7, 11) is 0. The summed E-state index contributed by atoms with van der Waals surface area (Å²) in [5.74, 6) is -0.809. The Bertz CT molecular complexity index is 1290. The van der Waals surface area contributed by atoms with Gasteiger partial charge in [-0.1, -0.05) is 92.6 Å². The first kappa shape index (κ1) is 32.2. The Balaban J connectivity index is 2.01. The van der Waals surface area contributed by atoms with Crippen LogP contribution in [0.2, 0.25) is 0 Å². The molecule has 224 valence electrons. The molecule has 2 atom stereocenters. The zero-order valence-electron chi connectivity index (χ0n) is 25.0. The molecule has 0 radical (unpaired) electrons. The SMILES string of the molecule is CCCCCN(C(=O)C(Cc1ccccc1)NC(=O)OC(C)(C)C)C(C(=O)NCc1ccccc1)c1cccc(O)c1. The lowest BCUT2D eigenvalue weighted by atomic mass is 9.99. The van der Waals surface area contributed by atoms with Crippen molar-refractivity contribution >= 4 is 17.9 Å². The van der Waals surface area contributed by atoms with Gasteiger partial charge in [0.05, 0.1) is 0 Å². The number of alkyl carbamates (subject to hydrolysis) is 1. The highest BCUT2D eigenvalue weighted by Crippen LogP contribution is 2.27. The summed E-state index contributed by atoms with van der Waals surface area (Å²) in [5.41, 5.74) is 1.48. The van der Waals surface area contributed by atoms with E-state index in [2.05, 4.69) is 17.6 Å². The number of hydrogen-bond acceptors (Lipinski definition) is 5. The van der Waals surface area contributed by atoms with E-state index < -0.39 is 29.7 Å². The first-order chi connectivity index (χ1) is 20.1. The van der Waals surface area contributed by atoms with Crippen LogP contribution >= 0.6 is 0 Å². The van der Waals surface area contributed by atoms with Gasteiger partial charge in [0, 0.05) is 19.5 Å². The number of amides is 3. The molecule has 0 aliphatic carbocycles. The average molecular weight is 574 g/mol. The molecule has 8 nitrogen and oxygen atoms in total. The third-order valence-electron chi connectivity index (χ3n) is 6.61.